The van der Waals surface area contributed by atoms with Crippen LogP contribution in [0.2, 0.25) is 5.02 Å². The van der Waals surface area contributed by atoms with Gasteiger partial charge in [0.25, 0.3) is 5.92 Å². The number of carbonyl (C=O) groups is 1. The van der Waals surface area contributed by atoms with Crippen molar-refractivity contribution in [2.75, 3.05) is 6.54 Å². The summed E-state index contributed by atoms with van der Waals surface area (Å²) < 4.78 is 33.3. The van der Waals surface area contributed by atoms with Crippen LogP contribution in [0.3, 0.4) is 0 Å². The van der Waals surface area contributed by atoms with E-state index in [4.69, 9.17) is 22.1 Å². The lowest BCUT2D eigenvalue weighted by Gasteiger charge is -2.29. The third-order valence-corrected chi connectivity index (χ3v) is 3.88. The summed E-state index contributed by atoms with van der Waals surface area (Å²) in [5, 5.41) is 0.504. The lowest BCUT2D eigenvalue weighted by Crippen LogP contribution is -2.47. The van der Waals surface area contributed by atoms with Crippen LogP contribution in [-0.4, -0.2) is 41.1 Å². The number of carbonyl (C=O) groups excluding carboxylic acids is 1. The molecule has 0 radical (unpaired) electrons. The Labute approximate surface area is 139 Å². The summed E-state index contributed by atoms with van der Waals surface area (Å²) in [7, 11) is 0. The Morgan fingerprint density at radius 1 is 1.48 bits per heavy atom. The monoisotopic (exact) mass is 346 g/mol. The molecule has 1 aliphatic rings. The van der Waals surface area contributed by atoms with Crippen molar-refractivity contribution in [3.8, 4) is 0 Å². The maximum absolute atomic E-state index is 14.0. The van der Waals surface area contributed by atoms with Crippen LogP contribution in [0.15, 0.2) is 24.3 Å². The first-order chi connectivity index (χ1) is 10.5. The van der Waals surface area contributed by atoms with E-state index in [1.807, 2.05) is 0 Å². The maximum atomic E-state index is 14.0. The van der Waals surface area contributed by atoms with Crippen LogP contribution >= 0.6 is 11.6 Å². The number of benzene rings is 1. The van der Waals surface area contributed by atoms with Gasteiger partial charge in [0, 0.05) is 5.02 Å². The fourth-order valence-corrected chi connectivity index (χ4v) is 2.80. The first kappa shape index (κ1) is 17.9. The average molecular weight is 347 g/mol. The number of rotatable bonds is 2. The molecular formula is C16H21ClF2N2O2. The summed E-state index contributed by atoms with van der Waals surface area (Å²) in [5.74, 6) is -3.15. The Balaban J connectivity index is 2.23. The number of hydrogen-bond acceptors (Lipinski definition) is 3. The highest BCUT2D eigenvalue weighted by Crippen LogP contribution is 2.34. The molecule has 0 saturated carbocycles. The summed E-state index contributed by atoms with van der Waals surface area (Å²) >= 11 is 5.92. The van der Waals surface area contributed by atoms with Gasteiger partial charge in [0.15, 0.2) is 0 Å². The number of hydrogen-bond donors (Lipinski definition) is 1. The van der Waals surface area contributed by atoms with Gasteiger partial charge in [0.05, 0.1) is 18.6 Å². The molecule has 1 heterocycles. The Kier molecular flexibility index (Phi) is 4.87. The molecule has 7 heteroatoms. The minimum Gasteiger partial charge on any atom is -0.444 e. The smallest absolute Gasteiger partial charge is 0.410 e. The fraction of sp³-hybridized carbons (Fsp3) is 0.562. The first-order valence-corrected chi connectivity index (χ1v) is 7.75. The summed E-state index contributed by atoms with van der Waals surface area (Å²) in [6.45, 7) is 4.31. The van der Waals surface area contributed by atoms with Crippen molar-refractivity contribution in [3.63, 3.8) is 0 Å². The quantitative estimate of drug-likeness (QED) is 0.892. The molecule has 1 saturated heterocycles. The predicted molar refractivity (Wildman–Crippen MR) is 84.8 cm³/mol. The molecule has 1 fully saturated rings. The molecule has 2 rings (SSSR count). The molecule has 1 aromatic rings. The summed E-state index contributed by atoms with van der Waals surface area (Å²) in [4.78, 5) is 13.3. The molecule has 4 nitrogen and oxygen atoms in total. The third kappa shape index (κ3) is 4.32. The van der Waals surface area contributed by atoms with Gasteiger partial charge < -0.3 is 10.5 Å². The van der Waals surface area contributed by atoms with Crippen molar-refractivity contribution < 1.29 is 18.3 Å². The second-order valence-electron chi connectivity index (χ2n) is 6.80. The molecular weight excluding hydrogens is 326 g/mol. The van der Waals surface area contributed by atoms with E-state index >= 15 is 0 Å². The number of amides is 1. The lowest BCUT2D eigenvalue weighted by molar-refractivity contribution is -0.00942. The molecule has 1 amide bonds. The van der Waals surface area contributed by atoms with Crippen molar-refractivity contribution in [2.45, 2.75) is 50.8 Å². The molecule has 0 aliphatic carbocycles. The van der Waals surface area contributed by atoms with Gasteiger partial charge in [-0.2, -0.15) is 0 Å². The number of alkyl halides is 2. The third-order valence-electron chi connectivity index (χ3n) is 3.65. The van der Waals surface area contributed by atoms with Crippen LogP contribution in [0, 0.1) is 0 Å². The minimum atomic E-state index is -3.15. The van der Waals surface area contributed by atoms with Gasteiger partial charge >= 0.3 is 6.09 Å². The zero-order valence-corrected chi connectivity index (χ0v) is 14.1. The molecule has 128 valence electrons. The average Bonchev–Trinajstić information content (AvgIpc) is 2.61. The number of halogens is 3. The van der Waals surface area contributed by atoms with Gasteiger partial charge in [-0.25, -0.2) is 13.6 Å². The van der Waals surface area contributed by atoms with Crippen molar-refractivity contribution in [2.24, 2.45) is 5.73 Å². The van der Waals surface area contributed by atoms with E-state index in [2.05, 4.69) is 0 Å². The molecule has 2 unspecified atom stereocenters. The van der Waals surface area contributed by atoms with Crippen LogP contribution in [0.4, 0.5) is 13.6 Å². The minimum absolute atomic E-state index is 0.191. The molecule has 0 bridgehead atoms. The highest BCUT2D eigenvalue weighted by atomic mass is 35.5. The molecule has 0 aromatic heterocycles. The number of likely N-dealkylation sites (tertiary alicyclic amines) is 1. The highest BCUT2D eigenvalue weighted by molar-refractivity contribution is 6.30. The molecule has 1 aliphatic heterocycles. The summed E-state index contributed by atoms with van der Waals surface area (Å²) in [6, 6.07) is 4.57. The van der Waals surface area contributed by atoms with Crippen LogP contribution in [0.1, 0.15) is 26.3 Å². The van der Waals surface area contributed by atoms with Crippen LogP contribution in [0.25, 0.3) is 0 Å². The Morgan fingerprint density at radius 3 is 2.70 bits per heavy atom. The van der Waals surface area contributed by atoms with E-state index in [1.165, 1.54) is 0 Å². The Bertz CT molecular complexity index is 590. The van der Waals surface area contributed by atoms with Crippen molar-refractivity contribution in [1.82, 2.24) is 4.90 Å². The topological polar surface area (TPSA) is 55.6 Å². The second-order valence-corrected chi connectivity index (χ2v) is 7.23. The maximum Gasteiger partial charge on any atom is 0.410 e. The normalized spacial score (nSPS) is 23.9. The standard InChI is InChI=1S/C16H21ClF2N2O2/c1-15(2,3)23-14(22)21-9-16(18,19)13(20)12(21)8-10-5-4-6-11(17)7-10/h4-7,12-13H,8-9,20H2,1-3H3. The van der Waals surface area contributed by atoms with E-state index in [1.54, 1.807) is 45.0 Å². The van der Waals surface area contributed by atoms with Gasteiger partial charge in [-0.15, -0.1) is 0 Å². The van der Waals surface area contributed by atoms with E-state index < -0.39 is 36.2 Å². The number of nitrogens with zero attached hydrogens (tertiary/aromatic N) is 1. The van der Waals surface area contributed by atoms with Crippen molar-refractivity contribution in [1.29, 1.82) is 0 Å². The molecule has 2 atom stereocenters. The molecule has 2 N–H and O–H groups in total. The summed E-state index contributed by atoms with van der Waals surface area (Å²) in [5.41, 5.74) is 5.68. The molecule has 1 aromatic carbocycles. The fourth-order valence-electron chi connectivity index (χ4n) is 2.59. The van der Waals surface area contributed by atoms with Crippen molar-refractivity contribution in [3.05, 3.63) is 34.9 Å². The first-order valence-electron chi connectivity index (χ1n) is 7.37. The highest BCUT2D eigenvalue weighted by Gasteiger charge is 2.54. The Morgan fingerprint density at radius 2 is 2.13 bits per heavy atom. The van der Waals surface area contributed by atoms with Crippen LogP contribution in [-0.2, 0) is 11.2 Å². The molecule has 0 spiro atoms. The van der Waals surface area contributed by atoms with Gasteiger partial charge in [0.1, 0.15) is 5.60 Å². The van der Waals surface area contributed by atoms with E-state index in [9.17, 15) is 13.6 Å². The van der Waals surface area contributed by atoms with Gasteiger partial charge in [0.2, 0.25) is 0 Å². The summed E-state index contributed by atoms with van der Waals surface area (Å²) in [6.07, 6.45) is -0.589. The van der Waals surface area contributed by atoms with Gasteiger partial charge in [-0.1, -0.05) is 23.7 Å². The van der Waals surface area contributed by atoms with E-state index in [0.717, 1.165) is 10.5 Å². The zero-order chi connectivity index (χ0) is 17.4. The predicted octanol–water partition coefficient (Wildman–Crippen LogP) is 3.46. The Hall–Kier alpha value is -1.40. The van der Waals surface area contributed by atoms with Crippen LogP contribution < -0.4 is 5.73 Å². The largest absolute Gasteiger partial charge is 0.444 e. The number of ether oxygens (including phenoxy) is 1. The van der Waals surface area contributed by atoms with Crippen LogP contribution in [0.5, 0.6) is 0 Å². The second kappa shape index (κ2) is 6.24. The van der Waals surface area contributed by atoms with Gasteiger partial charge in [-0.3, -0.25) is 4.90 Å². The zero-order valence-electron chi connectivity index (χ0n) is 13.4. The number of nitrogens with two attached hydrogens (primary N) is 1. The SMILES string of the molecule is CC(C)(C)OC(=O)N1CC(F)(F)C(N)C1Cc1cccc(Cl)c1. The lowest BCUT2D eigenvalue weighted by atomic mass is 9.99. The van der Waals surface area contributed by atoms with E-state index in [-0.39, 0.29) is 6.42 Å². The van der Waals surface area contributed by atoms with Crippen molar-refractivity contribution >= 4 is 17.7 Å². The molecule has 23 heavy (non-hydrogen) atoms. The van der Waals surface area contributed by atoms with E-state index in [0.29, 0.717) is 5.02 Å². The van der Waals surface area contributed by atoms with Gasteiger partial charge in [-0.05, 0) is 44.9 Å².